The summed E-state index contributed by atoms with van der Waals surface area (Å²) in [4.78, 5) is 11.4. The molecule has 0 aliphatic rings. The van der Waals surface area contributed by atoms with E-state index in [0.717, 1.165) is 23.6 Å². The van der Waals surface area contributed by atoms with Crippen molar-refractivity contribution in [3.8, 4) is 11.3 Å². The molecule has 0 saturated heterocycles. The third kappa shape index (κ3) is 3.62. The van der Waals surface area contributed by atoms with Crippen LogP contribution < -0.4 is 5.32 Å². The van der Waals surface area contributed by atoms with Crippen molar-refractivity contribution in [2.75, 3.05) is 11.6 Å². The summed E-state index contributed by atoms with van der Waals surface area (Å²) in [5.41, 5.74) is 1.97. The minimum Gasteiger partial charge on any atom is -0.364 e. The highest BCUT2D eigenvalue weighted by molar-refractivity contribution is 7.98. The lowest BCUT2D eigenvalue weighted by Crippen LogP contribution is -2.01. The fourth-order valence-corrected chi connectivity index (χ4v) is 3.00. The largest absolute Gasteiger partial charge is 0.364 e. The van der Waals surface area contributed by atoms with Crippen molar-refractivity contribution >= 4 is 28.9 Å². The highest BCUT2D eigenvalue weighted by Gasteiger charge is 2.03. The first-order chi connectivity index (χ1) is 10.3. The summed E-state index contributed by atoms with van der Waals surface area (Å²) in [5, 5.41) is 5.39. The molecule has 0 unspecified atom stereocenters. The van der Waals surface area contributed by atoms with Gasteiger partial charge in [-0.3, -0.25) is 4.98 Å². The minimum atomic E-state index is 0.779. The topological polar surface area (TPSA) is 37.8 Å². The van der Waals surface area contributed by atoms with Crippen LogP contribution >= 0.6 is 23.1 Å². The number of nitrogens with one attached hydrogen (secondary N) is 1. The molecule has 1 aromatic carbocycles. The molecule has 0 atom stereocenters. The van der Waals surface area contributed by atoms with Crippen molar-refractivity contribution in [2.24, 2.45) is 0 Å². The molecule has 0 spiro atoms. The standard InChI is InChI=1S/C16H15N3S2/c1-20-13-6-4-12(5-7-13)15-10-17-11-16(19-15)18-9-14-3-2-8-21-14/h2-8,10-11H,9H2,1H3,(H,18,19). The number of anilines is 1. The number of rotatable bonds is 5. The van der Waals surface area contributed by atoms with E-state index in [0.29, 0.717) is 0 Å². The Morgan fingerprint density at radius 3 is 2.71 bits per heavy atom. The average Bonchev–Trinajstić information content (AvgIpc) is 3.07. The second-order valence-electron chi connectivity index (χ2n) is 4.45. The van der Waals surface area contributed by atoms with Gasteiger partial charge in [0.1, 0.15) is 5.82 Å². The van der Waals surface area contributed by atoms with Crippen LogP contribution in [0, 0.1) is 0 Å². The minimum absolute atomic E-state index is 0.779. The van der Waals surface area contributed by atoms with Crippen molar-refractivity contribution in [1.29, 1.82) is 0 Å². The van der Waals surface area contributed by atoms with Gasteiger partial charge in [-0.25, -0.2) is 4.98 Å². The SMILES string of the molecule is CSc1ccc(-c2cncc(NCc3cccs3)n2)cc1. The summed E-state index contributed by atoms with van der Waals surface area (Å²) < 4.78 is 0. The summed E-state index contributed by atoms with van der Waals surface area (Å²) in [6.45, 7) is 0.779. The lowest BCUT2D eigenvalue weighted by Gasteiger charge is -2.06. The Labute approximate surface area is 132 Å². The number of hydrogen-bond donors (Lipinski definition) is 1. The van der Waals surface area contributed by atoms with Gasteiger partial charge in [0.2, 0.25) is 0 Å². The molecule has 0 aliphatic carbocycles. The van der Waals surface area contributed by atoms with Crippen LogP contribution in [0.2, 0.25) is 0 Å². The summed E-state index contributed by atoms with van der Waals surface area (Å²) in [5.74, 6) is 0.801. The zero-order chi connectivity index (χ0) is 14.5. The number of hydrogen-bond acceptors (Lipinski definition) is 5. The first-order valence-corrected chi connectivity index (χ1v) is 8.68. The lowest BCUT2D eigenvalue weighted by molar-refractivity contribution is 1.11. The van der Waals surface area contributed by atoms with Gasteiger partial charge in [-0.05, 0) is 29.8 Å². The van der Waals surface area contributed by atoms with Gasteiger partial charge in [0.05, 0.1) is 24.6 Å². The summed E-state index contributed by atoms with van der Waals surface area (Å²) in [6.07, 6.45) is 5.63. The third-order valence-corrected chi connectivity index (χ3v) is 4.66. The molecule has 5 heteroatoms. The second-order valence-corrected chi connectivity index (χ2v) is 6.36. The number of nitrogens with zero attached hydrogens (tertiary/aromatic N) is 2. The van der Waals surface area contributed by atoms with Crippen molar-refractivity contribution in [3.63, 3.8) is 0 Å². The highest BCUT2D eigenvalue weighted by atomic mass is 32.2. The van der Waals surface area contributed by atoms with Crippen LogP contribution in [0.5, 0.6) is 0 Å². The molecule has 2 heterocycles. The van der Waals surface area contributed by atoms with Crippen molar-refractivity contribution < 1.29 is 0 Å². The monoisotopic (exact) mass is 313 g/mol. The molecule has 21 heavy (non-hydrogen) atoms. The van der Waals surface area contributed by atoms with Gasteiger partial charge >= 0.3 is 0 Å². The predicted molar refractivity (Wildman–Crippen MR) is 90.9 cm³/mol. The van der Waals surface area contributed by atoms with Gasteiger partial charge in [0, 0.05) is 15.3 Å². The van der Waals surface area contributed by atoms with Crippen LogP contribution in [0.1, 0.15) is 4.88 Å². The molecule has 106 valence electrons. The highest BCUT2D eigenvalue weighted by Crippen LogP contribution is 2.22. The summed E-state index contributed by atoms with van der Waals surface area (Å²) >= 11 is 3.47. The zero-order valence-electron chi connectivity index (χ0n) is 11.6. The zero-order valence-corrected chi connectivity index (χ0v) is 13.2. The Bertz CT molecular complexity index is 694. The Balaban J connectivity index is 1.75. The van der Waals surface area contributed by atoms with E-state index in [1.165, 1.54) is 9.77 Å². The van der Waals surface area contributed by atoms with E-state index < -0.39 is 0 Å². The van der Waals surface area contributed by atoms with E-state index >= 15 is 0 Å². The first-order valence-electron chi connectivity index (χ1n) is 6.58. The molecule has 0 bridgehead atoms. The average molecular weight is 313 g/mol. The number of aromatic nitrogens is 2. The van der Waals surface area contributed by atoms with Gasteiger partial charge in [-0.15, -0.1) is 23.1 Å². The van der Waals surface area contributed by atoms with Crippen LogP contribution in [0.4, 0.5) is 5.82 Å². The van der Waals surface area contributed by atoms with E-state index in [-0.39, 0.29) is 0 Å². The Hall–Kier alpha value is -1.85. The maximum atomic E-state index is 4.62. The molecular formula is C16H15N3S2. The maximum Gasteiger partial charge on any atom is 0.145 e. The fraction of sp³-hybridized carbons (Fsp3) is 0.125. The maximum absolute atomic E-state index is 4.62. The van der Waals surface area contributed by atoms with E-state index in [1.807, 2.05) is 0 Å². The van der Waals surface area contributed by atoms with E-state index in [9.17, 15) is 0 Å². The molecule has 0 saturated carbocycles. The first kappa shape index (κ1) is 14.1. The second kappa shape index (κ2) is 6.74. The van der Waals surface area contributed by atoms with Gasteiger partial charge in [0.15, 0.2) is 0 Å². The lowest BCUT2D eigenvalue weighted by atomic mass is 10.2. The molecular weight excluding hydrogens is 298 g/mol. The van der Waals surface area contributed by atoms with Gasteiger partial charge in [0.25, 0.3) is 0 Å². The Morgan fingerprint density at radius 2 is 2.00 bits per heavy atom. The van der Waals surface area contributed by atoms with Crippen molar-refractivity contribution in [2.45, 2.75) is 11.4 Å². The van der Waals surface area contributed by atoms with Crippen LogP contribution in [0.15, 0.2) is 59.1 Å². The summed E-state index contributed by atoms with van der Waals surface area (Å²) in [7, 11) is 0. The number of benzene rings is 1. The van der Waals surface area contributed by atoms with Crippen LogP contribution in [-0.2, 0) is 6.54 Å². The van der Waals surface area contributed by atoms with Crippen LogP contribution in [0.3, 0.4) is 0 Å². The molecule has 3 aromatic rings. The molecule has 0 fully saturated rings. The Morgan fingerprint density at radius 1 is 1.14 bits per heavy atom. The number of thioether (sulfide) groups is 1. The van der Waals surface area contributed by atoms with Gasteiger partial charge < -0.3 is 5.32 Å². The number of thiophene rings is 1. The quantitative estimate of drug-likeness (QED) is 0.702. The van der Waals surface area contributed by atoms with Gasteiger partial charge in [-0.2, -0.15) is 0 Å². The van der Waals surface area contributed by atoms with Crippen molar-refractivity contribution in [1.82, 2.24) is 9.97 Å². The molecule has 0 amide bonds. The molecule has 0 radical (unpaired) electrons. The molecule has 3 nitrogen and oxygen atoms in total. The van der Waals surface area contributed by atoms with Crippen LogP contribution in [0.25, 0.3) is 11.3 Å². The van der Waals surface area contributed by atoms with Gasteiger partial charge in [-0.1, -0.05) is 18.2 Å². The van der Waals surface area contributed by atoms with E-state index in [4.69, 9.17) is 0 Å². The smallest absolute Gasteiger partial charge is 0.145 e. The van der Waals surface area contributed by atoms with Crippen molar-refractivity contribution in [3.05, 3.63) is 59.0 Å². The van der Waals surface area contributed by atoms with E-state index in [2.05, 4.69) is 63.3 Å². The molecule has 2 aromatic heterocycles. The molecule has 0 aliphatic heterocycles. The summed E-state index contributed by atoms with van der Waals surface area (Å²) in [6, 6.07) is 12.5. The fourth-order valence-electron chi connectivity index (χ4n) is 1.94. The predicted octanol–water partition coefficient (Wildman–Crippen LogP) is 4.54. The normalized spacial score (nSPS) is 10.5. The van der Waals surface area contributed by atoms with Crippen LogP contribution in [-0.4, -0.2) is 16.2 Å². The molecule has 1 N–H and O–H groups in total. The molecule has 3 rings (SSSR count). The van der Waals surface area contributed by atoms with E-state index in [1.54, 1.807) is 35.5 Å². The Kier molecular flexibility index (Phi) is 4.52. The third-order valence-electron chi connectivity index (χ3n) is 3.04.